The number of ether oxygens (including phenoxy) is 1. The summed E-state index contributed by atoms with van der Waals surface area (Å²) in [6.07, 6.45) is 5.57. The lowest BCUT2D eigenvalue weighted by Crippen LogP contribution is -2.16. The van der Waals surface area contributed by atoms with E-state index in [0.29, 0.717) is 23.7 Å². The van der Waals surface area contributed by atoms with Crippen LogP contribution in [0.2, 0.25) is 0 Å². The van der Waals surface area contributed by atoms with Gasteiger partial charge in [-0.05, 0) is 49.6 Å². The van der Waals surface area contributed by atoms with Crippen molar-refractivity contribution in [2.24, 2.45) is 0 Å². The van der Waals surface area contributed by atoms with Crippen LogP contribution in [0.4, 0.5) is 5.82 Å². The fourth-order valence-corrected chi connectivity index (χ4v) is 3.04. The second-order valence-corrected chi connectivity index (χ2v) is 6.36. The van der Waals surface area contributed by atoms with Crippen molar-refractivity contribution in [2.75, 3.05) is 11.9 Å². The summed E-state index contributed by atoms with van der Waals surface area (Å²) in [7, 11) is 0. The molecule has 0 aliphatic carbocycles. The molecule has 26 heavy (non-hydrogen) atoms. The molecule has 4 rings (SSSR count). The first-order valence-corrected chi connectivity index (χ1v) is 8.74. The van der Waals surface area contributed by atoms with Crippen LogP contribution in [0.25, 0.3) is 11.5 Å². The van der Waals surface area contributed by atoms with E-state index in [1.807, 2.05) is 37.4 Å². The Hall–Kier alpha value is -3.15. The Morgan fingerprint density at radius 1 is 1.19 bits per heavy atom. The Balaban J connectivity index is 1.74. The van der Waals surface area contributed by atoms with E-state index in [-0.39, 0.29) is 5.91 Å². The first kappa shape index (κ1) is 16.3. The predicted octanol–water partition coefficient (Wildman–Crippen LogP) is 3.68. The minimum absolute atomic E-state index is 0.231. The van der Waals surface area contributed by atoms with Crippen LogP contribution in [0.5, 0.6) is 5.75 Å². The monoisotopic (exact) mass is 348 g/mol. The van der Waals surface area contributed by atoms with Crippen molar-refractivity contribution in [3.05, 3.63) is 59.9 Å². The largest absolute Gasteiger partial charge is 0.493 e. The third-order valence-electron chi connectivity index (χ3n) is 4.37. The highest BCUT2D eigenvalue weighted by molar-refractivity contribution is 6.05. The van der Waals surface area contributed by atoms with E-state index in [4.69, 9.17) is 4.74 Å². The topological polar surface area (TPSA) is 69.0 Å². The molecule has 1 amide bonds. The van der Waals surface area contributed by atoms with Crippen LogP contribution < -0.4 is 10.1 Å². The molecule has 0 atom stereocenters. The highest BCUT2D eigenvalue weighted by atomic mass is 16.5. The number of hydrogen-bond acceptors (Lipinski definition) is 4. The highest BCUT2D eigenvalue weighted by Crippen LogP contribution is 2.24. The molecular formula is C20H20N4O2. The van der Waals surface area contributed by atoms with Crippen molar-refractivity contribution in [3.8, 4) is 17.3 Å². The van der Waals surface area contributed by atoms with Gasteiger partial charge < -0.3 is 14.6 Å². The number of rotatable bonds is 0. The van der Waals surface area contributed by atoms with E-state index in [1.165, 1.54) is 0 Å². The molecule has 0 spiro atoms. The molecule has 6 heteroatoms. The summed E-state index contributed by atoms with van der Waals surface area (Å²) in [6, 6.07) is 11.2. The SMILES string of the molecule is Cc1ccc2c(c1)OCCCCn1ccnc1-c1cccc(n1)NC2=O. The molecule has 1 aliphatic heterocycles. The van der Waals surface area contributed by atoms with Crippen LogP contribution in [0, 0.1) is 6.92 Å². The van der Waals surface area contributed by atoms with Gasteiger partial charge in [0.15, 0.2) is 5.82 Å². The van der Waals surface area contributed by atoms with Gasteiger partial charge in [-0.15, -0.1) is 0 Å². The molecule has 3 heterocycles. The molecule has 0 saturated carbocycles. The zero-order valence-electron chi connectivity index (χ0n) is 14.6. The number of aromatic nitrogens is 3. The number of amides is 1. The number of imidazole rings is 1. The van der Waals surface area contributed by atoms with Crippen molar-refractivity contribution in [1.82, 2.24) is 14.5 Å². The molecule has 0 fully saturated rings. The van der Waals surface area contributed by atoms with Crippen LogP contribution in [0.1, 0.15) is 28.8 Å². The Morgan fingerprint density at radius 2 is 2.12 bits per heavy atom. The minimum Gasteiger partial charge on any atom is -0.493 e. The van der Waals surface area contributed by atoms with Crippen molar-refractivity contribution < 1.29 is 9.53 Å². The molecule has 6 nitrogen and oxygen atoms in total. The van der Waals surface area contributed by atoms with Gasteiger partial charge in [-0.25, -0.2) is 9.97 Å². The summed E-state index contributed by atoms with van der Waals surface area (Å²) in [5, 5.41) is 2.87. The van der Waals surface area contributed by atoms with Crippen LogP contribution in [-0.4, -0.2) is 27.0 Å². The van der Waals surface area contributed by atoms with E-state index < -0.39 is 0 Å². The van der Waals surface area contributed by atoms with E-state index in [0.717, 1.165) is 36.5 Å². The maximum absolute atomic E-state index is 12.7. The lowest BCUT2D eigenvalue weighted by molar-refractivity contribution is 0.102. The number of nitrogens with zero attached hydrogens (tertiary/aromatic N) is 3. The maximum atomic E-state index is 12.7. The number of pyridine rings is 1. The van der Waals surface area contributed by atoms with Crippen molar-refractivity contribution in [3.63, 3.8) is 0 Å². The van der Waals surface area contributed by atoms with Gasteiger partial charge in [0.05, 0.1) is 12.2 Å². The fraction of sp³-hybridized carbons (Fsp3) is 0.250. The van der Waals surface area contributed by atoms with Gasteiger partial charge in [-0.3, -0.25) is 4.79 Å². The number of anilines is 1. The molecule has 1 N–H and O–H groups in total. The van der Waals surface area contributed by atoms with E-state index >= 15 is 0 Å². The summed E-state index contributed by atoms with van der Waals surface area (Å²) in [5.41, 5.74) is 2.31. The zero-order chi connectivity index (χ0) is 17.9. The van der Waals surface area contributed by atoms with Gasteiger partial charge in [0, 0.05) is 18.9 Å². The summed E-state index contributed by atoms with van der Waals surface area (Å²) in [5.74, 6) is 1.67. The Morgan fingerprint density at radius 3 is 3.04 bits per heavy atom. The predicted molar refractivity (Wildman–Crippen MR) is 99.3 cm³/mol. The molecular weight excluding hydrogens is 328 g/mol. The van der Waals surface area contributed by atoms with Crippen molar-refractivity contribution in [2.45, 2.75) is 26.3 Å². The van der Waals surface area contributed by atoms with Gasteiger partial charge in [0.1, 0.15) is 17.3 Å². The molecule has 0 unspecified atom stereocenters. The van der Waals surface area contributed by atoms with Crippen LogP contribution in [0.3, 0.4) is 0 Å². The number of hydrogen-bond donors (Lipinski definition) is 1. The summed E-state index contributed by atoms with van der Waals surface area (Å²) in [4.78, 5) is 21.7. The average molecular weight is 348 g/mol. The second-order valence-electron chi connectivity index (χ2n) is 6.36. The zero-order valence-corrected chi connectivity index (χ0v) is 14.6. The molecule has 0 radical (unpaired) electrons. The van der Waals surface area contributed by atoms with Gasteiger partial charge in [0.2, 0.25) is 0 Å². The molecule has 1 aromatic carbocycles. The third-order valence-corrected chi connectivity index (χ3v) is 4.37. The summed E-state index contributed by atoms with van der Waals surface area (Å²) < 4.78 is 7.98. The van der Waals surface area contributed by atoms with Gasteiger partial charge in [0.25, 0.3) is 5.91 Å². The quantitative estimate of drug-likeness (QED) is 0.673. The van der Waals surface area contributed by atoms with Crippen LogP contribution >= 0.6 is 0 Å². The molecule has 2 aromatic heterocycles. The first-order chi connectivity index (χ1) is 12.7. The number of fused-ring (bicyclic) bond motifs is 5. The van der Waals surface area contributed by atoms with Gasteiger partial charge in [-0.1, -0.05) is 12.1 Å². The van der Waals surface area contributed by atoms with Crippen LogP contribution in [0.15, 0.2) is 48.8 Å². The Kier molecular flexibility index (Phi) is 4.39. The van der Waals surface area contributed by atoms with Crippen molar-refractivity contribution >= 4 is 11.7 Å². The smallest absolute Gasteiger partial charge is 0.260 e. The number of nitrogens with one attached hydrogen (secondary N) is 1. The summed E-state index contributed by atoms with van der Waals surface area (Å²) in [6.45, 7) is 3.40. The number of aryl methyl sites for hydroxylation is 2. The second kappa shape index (κ2) is 7.00. The molecule has 3 aromatic rings. The molecule has 1 aliphatic rings. The number of carbonyl (C=O) groups excluding carboxylic acids is 1. The molecule has 0 saturated heterocycles. The van der Waals surface area contributed by atoms with E-state index in [2.05, 4.69) is 19.9 Å². The minimum atomic E-state index is -0.231. The lowest BCUT2D eigenvalue weighted by atomic mass is 10.1. The third kappa shape index (κ3) is 3.31. The fourth-order valence-electron chi connectivity index (χ4n) is 3.04. The number of benzene rings is 1. The van der Waals surface area contributed by atoms with Gasteiger partial charge in [-0.2, -0.15) is 0 Å². The van der Waals surface area contributed by atoms with E-state index in [9.17, 15) is 4.79 Å². The van der Waals surface area contributed by atoms with Crippen molar-refractivity contribution in [1.29, 1.82) is 0 Å². The average Bonchev–Trinajstić information content (AvgIpc) is 3.09. The molecule has 132 valence electrons. The Bertz CT molecular complexity index is 948. The van der Waals surface area contributed by atoms with E-state index in [1.54, 1.807) is 18.3 Å². The molecule has 2 bridgehead atoms. The first-order valence-electron chi connectivity index (χ1n) is 8.74. The number of carbonyl (C=O) groups is 1. The van der Waals surface area contributed by atoms with Gasteiger partial charge >= 0.3 is 0 Å². The normalized spacial score (nSPS) is 14.4. The maximum Gasteiger partial charge on any atom is 0.260 e. The lowest BCUT2D eigenvalue weighted by Gasteiger charge is -2.14. The van der Waals surface area contributed by atoms with Crippen LogP contribution in [-0.2, 0) is 6.54 Å². The highest BCUT2D eigenvalue weighted by Gasteiger charge is 2.15. The Labute approximate surface area is 151 Å². The standard InChI is InChI=1S/C20H20N4O2/c1-14-7-8-15-17(13-14)26-12-3-2-10-24-11-9-21-19(24)16-5-4-6-18(22-16)23-20(15)25/h4-9,11,13H,2-3,10,12H2,1H3,(H,22,23,25). The summed E-state index contributed by atoms with van der Waals surface area (Å²) >= 11 is 0.